The molecule has 4 N–H and O–H groups in total. The van der Waals surface area contributed by atoms with Gasteiger partial charge in [0.15, 0.2) is 0 Å². The standard InChI is InChI=1S/C24H24F2N4O3/c1-30(21-6-3-16(25)10-19(21)26)17-4-7-22(31)18(11-17)20-5-2-14(23(27)29-20)12-28-24(32)15-8-9-33-13-15/h2-7,10-11,15,31H,8-9,12-13H2,1H3,(H2,27,29)(H,28,32). The van der Waals surface area contributed by atoms with E-state index in [1.165, 1.54) is 23.1 Å². The van der Waals surface area contributed by atoms with E-state index in [4.69, 9.17) is 10.5 Å². The molecular weight excluding hydrogens is 430 g/mol. The smallest absolute Gasteiger partial charge is 0.225 e. The number of nitrogens with two attached hydrogens (primary N) is 1. The number of carbonyl (C=O) groups is 1. The number of phenolic OH excluding ortho intramolecular Hbond substituents is 1. The summed E-state index contributed by atoms with van der Waals surface area (Å²) in [7, 11) is 1.63. The minimum Gasteiger partial charge on any atom is -0.507 e. The maximum atomic E-state index is 14.2. The second-order valence-electron chi connectivity index (χ2n) is 7.88. The zero-order chi connectivity index (χ0) is 23.5. The molecule has 33 heavy (non-hydrogen) atoms. The number of nitrogens with zero attached hydrogens (tertiary/aromatic N) is 2. The number of pyridine rings is 1. The SMILES string of the molecule is CN(c1ccc(O)c(-c2ccc(CNC(=O)C3CCOC3)c(N)n2)c1)c1ccc(F)cc1F. The number of halogens is 2. The third kappa shape index (κ3) is 4.88. The third-order valence-electron chi connectivity index (χ3n) is 5.68. The molecule has 2 heterocycles. The highest BCUT2D eigenvalue weighted by molar-refractivity contribution is 5.79. The van der Waals surface area contributed by atoms with Crippen molar-refractivity contribution in [3.05, 3.63) is 65.7 Å². The number of nitrogen functional groups attached to an aromatic ring is 1. The van der Waals surface area contributed by atoms with Crippen LogP contribution >= 0.6 is 0 Å². The van der Waals surface area contributed by atoms with Crippen molar-refractivity contribution in [3.63, 3.8) is 0 Å². The Bertz CT molecular complexity index is 1180. The van der Waals surface area contributed by atoms with Gasteiger partial charge in [0.1, 0.15) is 23.2 Å². The number of phenols is 1. The monoisotopic (exact) mass is 454 g/mol. The van der Waals surface area contributed by atoms with E-state index in [1.807, 2.05) is 0 Å². The highest BCUT2D eigenvalue weighted by atomic mass is 19.1. The van der Waals surface area contributed by atoms with Gasteiger partial charge in [-0.1, -0.05) is 6.07 Å². The predicted octanol–water partition coefficient (Wildman–Crippen LogP) is 3.74. The van der Waals surface area contributed by atoms with Crippen LogP contribution in [0.25, 0.3) is 11.3 Å². The molecule has 1 amide bonds. The Balaban J connectivity index is 1.54. The fourth-order valence-electron chi connectivity index (χ4n) is 3.70. The van der Waals surface area contributed by atoms with Gasteiger partial charge in [-0.2, -0.15) is 0 Å². The Kier molecular flexibility index (Phi) is 6.41. The number of amides is 1. The van der Waals surface area contributed by atoms with Crippen molar-refractivity contribution in [2.24, 2.45) is 5.92 Å². The van der Waals surface area contributed by atoms with Gasteiger partial charge in [0.2, 0.25) is 5.91 Å². The summed E-state index contributed by atoms with van der Waals surface area (Å²) in [5.41, 5.74) is 8.30. The number of aromatic hydroxyl groups is 1. The summed E-state index contributed by atoms with van der Waals surface area (Å²) >= 11 is 0. The molecule has 1 saturated heterocycles. The Morgan fingerprint density at radius 3 is 2.76 bits per heavy atom. The summed E-state index contributed by atoms with van der Waals surface area (Å²) in [6.45, 7) is 1.24. The molecule has 9 heteroatoms. The molecule has 7 nitrogen and oxygen atoms in total. The van der Waals surface area contributed by atoms with Gasteiger partial charge in [-0.3, -0.25) is 4.79 Å². The van der Waals surface area contributed by atoms with Crippen LogP contribution in [0.4, 0.5) is 26.0 Å². The van der Waals surface area contributed by atoms with E-state index in [0.29, 0.717) is 42.1 Å². The number of carbonyl (C=O) groups excluding carboxylic acids is 1. The van der Waals surface area contributed by atoms with Gasteiger partial charge in [-0.15, -0.1) is 0 Å². The molecule has 0 radical (unpaired) electrons. The summed E-state index contributed by atoms with van der Waals surface area (Å²) < 4.78 is 32.7. The van der Waals surface area contributed by atoms with Crippen molar-refractivity contribution in [3.8, 4) is 17.0 Å². The summed E-state index contributed by atoms with van der Waals surface area (Å²) in [4.78, 5) is 18.1. The van der Waals surface area contributed by atoms with Crippen LogP contribution in [-0.4, -0.2) is 36.3 Å². The topological polar surface area (TPSA) is 101 Å². The van der Waals surface area contributed by atoms with Crippen molar-refractivity contribution >= 4 is 23.1 Å². The largest absolute Gasteiger partial charge is 0.507 e. The molecule has 1 aromatic heterocycles. The van der Waals surface area contributed by atoms with Gasteiger partial charge < -0.3 is 25.8 Å². The van der Waals surface area contributed by atoms with Crippen LogP contribution in [0.5, 0.6) is 5.75 Å². The van der Waals surface area contributed by atoms with Crippen LogP contribution in [0.2, 0.25) is 0 Å². The normalized spacial score (nSPS) is 15.4. The van der Waals surface area contributed by atoms with E-state index in [9.17, 15) is 18.7 Å². The molecule has 0 aliphatic carbocycles. The molecular formula is C24H24F2N4O3. The fraction of sp³-hybridized carbons (Fsp3) is 0.250. The number of benzene rings is 2. The Hall–Kier alpha value is -3.72. The highest BCUT2D eigenvalue weighted by Gasteiger charge is 2.23. The molecule has 1 fully saturated rings. The quantitative estimate of drug-likeness (QED) is 0.525. The lowest BCUT2D eigenvalue weighted by atomic mass is 10.1. The van der Waals surface area contributed by atoms with Crippen molar-refractivity contribution in [2.45, 2.75) is 13.0 Å². The molecule has 1 aliphatic heterocycles. The number of anilines is 3. The molecule has 0 bridgehead atoms. The molecule has 0 spiro atoms. The first-order chi connectivity index (χ1) is 15.8. The van der Waals surface area contributed by atoms with Crippen LogP contribution in [0, 0.1) is 17.6 Å². The Morgan fingerprint density at radius 1 is 1.24 bits per heavy atom. The van der Waals surface area contributed by atoms with Crippen molar-refractivity contribution in [1.29, 1.82) is 0 Å². The van der Waals surface area contributed by atoms with E-state index < -0.39 is 11.6 Å². The highest BCUT2D eigenvalue weighted by Crippen LogP contribution is 2.35. The summed E-state index contributed by atoms with van der Waals surface area (Å²) in [6, 6.07) is 11.5. The van der Waals surface area contributed by atoms with E-state index in [0.717, 1.165) is 6.07 Å². The number of nitrogens with one attached hydrogen (secondary N) is 1. The van der Waals surface area contributed by atoms with Crippen LogP contribution in [-0.2, 0) is 16.1 Å². The number of ether oxygens (including phenoxy) is 1. The Morgan fingerprint density at radius 2 is 2.06 bits per heavy atom. The number of hydrogen-bond acceptors (Lipinski definition) is 6. The van der Waals surface area contributed by atoms with Crippen molar-refractivity contribution in [2.75, 3.05) is 30.9 Å². The van der Waals surface area contributed by atoms with Crippen molar-refractivity contribution < 1.29 is 23.4 Å². The second kappa shape index (κ2) is 9.41. The maximum Gasteiger partial charge on any atom is 0.225 e. The first kappa shape index (κ1) is 22.5. The molecule has 2 aromatic carbocycles. The van der Waals surface area contributed by atoms with Crippen molar-refractivity contribution in [1.82, 2.24) is 10.3 Å². The third-order valence-corrected chi connectivity index (χ3v) is 5.68. The minimum absolute atomic E-state index is 0.0269. The average Bonchev–Trinajstić information content (AvgIpc) is 3.33. The predicted molar refractivity (Wildman–Crippen MR) is 121 cm³/mol. The van der Waals surface area contributed by atoms with Crippen LogP contribution in [0.15, 0.2) is 48.5 Å². The zero-order valence-electron chi connectivity index (χ0n) is 18.0. The molecule has 3 aromatic rings. The molecule has 1 unspecified atom stereocenters. The number of hydrogen-bond donors (Lipinski definition) is 3. The molecule has 1 aliphatic rings. The van der Waals surface area contributed by atoms with Gasteiger partial charge in [0.25, 0.3) is 0 Å². The zero-order valence-corrected chi connectivity index (χ0v) is 18.0. The first-order valence-electron chi connectivity index (χ1n) is 10.5. The van der Waals surface area contributed by atoms with Crippen LogP contribution in [0.1, 0.15) is 12.0 Å². The van der Waals surface area contributed by atoms with Gasteiger partial charge >= 0.3 is 0 Å². The van der Waals surface area contributed by atoms with E-state index >= 15 is 0 Å². The molecule has 4 rings (SSSR count). The van der Waals surface area contributed by atoms with E-state index in [1.54, 1.807) is 31.3 Å². The second-order valence-corrected chi connectivity index (χ2v) is 7.88. The maximum absolute atomic E-state index is 14.2. The average molecular weight is 454 g/mol. The van der Waals surface area contributed by atoms with Crippen LogP contribution in [0.3, 0.4) is 0 Å². The van der Waals surface area contributed by atoms with E-state index in [2.05, 4.69) is 10.3 Å². The van der Waals surface area contributed by atoms with Gasteiger partial charge in [-0.25, -0.2) is 13.8 Å². The summed E-state index contributed by atoms with van der Waals surface area (Å²) in [5, 5.41) is 13.2. The lowest BCUT2D eigenvalue weighted by molar-refractivity contribution is -0.125. The fourth-order valence-corrected chi connectivity index (χ4v) is 3.70. The van der Waals surface area contributed by atoms with Crippen LogP contribution < -0.4 is 16.0 Å². The Labute approximate surface area is 189 Å². The summed E-state index contributed by atoms with van der Waals surface area (Å²) in [6.07, 6.45) is 0.699. The molecule has 172 valence electrons. The molecule has 0 saturated carbocycles. The lowest BCUT2D eigenvalue weighted by Crippen LogP contribution is -2.30. The minimum atomic E-state index is -0.704. The lowest BCUT2D eigenvalue weighted by Gasteiger charge is -2.21. The summed E-state index contributed by atoms with van der Waals surface area (Å²) in [5.74, 6) is -1.41. The number of rotatable bonds is 6. The van der Waals surface area contributed by atoms with E-state index in [-0.39, 0.29) is 35.6 Å². The number of aromatic nitrogens is 1. The van der Waals surface area contributed by atoms with Gasteiger partial charge in [0.05, 0.1) is 23.9 Å². The van der Waals surface area contributed by atoms with Gasteiger partial charge in [-0.05, 0) is 42.8 Å². The van der Waals surface area contributed by atoms with Gasteiger partial charge in [0, 0.05) is 43.1 Å². The molecule has 1 atom stereocenters. The first-order valence-corrected chi connectivity index (χ1v) is 10.5.